The average molecular weight is 315 g/mol. The van der Waals surface area contributed by atoms with E-state index >= 15 is 0 Å². The maximum absolute atomic E-state index is 13.4. The number of hydrogen-bond donors (Lipinski definition) is 1. The lowest BCUT2D eigenvalue weighted by Gasteiger charge is -2.04. The van der Waals surface area contributed by atoms with Crippen LogP contribution in [0.5, 0.6) is 0 Å². The van der Waals surface area contributed by atoms with E-state index in [1.165, 1.54) is 0 Å². The van der Waals surface area contributed by atoms with Crippen molar-refractivity contribution >= 4 is 0 Å². The topological polar surface area (TPSA) is 46.3 Å². The Labute approximate surface area is 132 Å². The van der Waals surface area contributed by atoms with Crippen LogP contribution < -0.4 is 0 Å². The van der Waals surface area contributed by atoms with Crippen molar-refractivity contribution in [1.82, 2.24) is 5.16 Å². The van der Waals surface area contributed by atoms with Crippen molar-refractivity contribution in [3.63, 3.8) is 0 Å². The summed E-state index contributed by atoms with van der Waals surface area (Å²) in [7, 11) is 0. The normalized spacial score (nSPS) is 11.0. The molecule has 23 heavy (non-hydrogen) atoms. The lowest BCUT2D eigenvalue weighted by atomic mass is 10.00. The minimum atomic E-state index is -0.708. The molecule has 0 radical (unpaired) electrons. The Balaban J connectivity index is 2.16. The van der Waals surface area contributed by atoms with Gasteiger partial charge in [0.05, 0.1) is 12.2 Å². The molecule has 0 spiro atoms. The summed E-state index contributed by atoms with van der Waals surface area (Å²) in [4.78, 5) is 0. The first-order chi connectivity index (χ1) is 11.0. The highest BCUT2D eigenvalue weighted by atomic mass is 19.1. The van der Waals surface area contributed by atoms with Crippen molar-refractivity contribution in [3.05, 3.63) is 64.7 Å². The van der Waals surface area contributed by atoms with Crippen molar-refractivity contribution < 1.29 is 18.4 Å². The number of aryl methyl sites for hydroxylation is 2. The van der Waals surface area contributed by atoms with E-state index in [9.17, 15) is 13.9 Å². The Morgan fingerprint density at radius 2 is 1.52 bits per heavy atom. The van der Waals surface area contributed by atoms with Crippen LogP contribution in [0.25, 0.3) is 22.6 Å². The molecular formula is C18H15F2NO2. The van der Waals surface area contributed by atoms with Crippen molar-refractivity contribution in [2.24, 2.45) is 0 Å². The number of halogens is 2. The fourth-order valence-corrected chi connectivity index (χ4v) is 2.71. The number of aliphatic hydroxyl groups is 1. The Bertz CT molecular complexity index is 762. The third-order valence-electron chi connectivity index (χ3n) is 3.57. The van der Waals surface area contributed by atoms with Gasteiger partial charge in [0.1, 0.15) is 17.3 Å². The maximum atomic E-state index is 13.4. The van der Waals surface area contributed by atoms with Crippen LogP contribution in [-0.2, 0) is 6.61 Å². The minimum absolute atomic E-state index is 0.228. The molecule has 3 nitrogen and oxygen atoms in total. The van der Waals surface area contributed by atoms with Gasteiger partial charge in [-0.05, 0) is 38.1 Å². The van der Waals surface area contributed by atoms with Crippen LogP contribution in [0.3, 0.4) is 0 Å². The Morgan fingerprint density at radius 1 is 0.913 bits per heavy atom. The molecule has 0 saturated carbocycles. The Morgan fingerprint density at radius 3 is 2.09 bits per heavy atom. The van der Waals surface area contributed by atoms with Gasteiger partial charge < -0.3 is 9.63 Å². The molecule has 1 N–H and O–H groups in total. The van der Waals surface area contributed by atoms with Gasteiger partial charge in [0.15, 0.2) is 5.76 Å². The predicted molar refractivity (Wildman–Crippen MR) is 82.7 cm³/mol. The third kappa shape index (κ3) is 3.00. The van der Waals surface area contributed by atoms with Gasteiger partial charge >= 0.3 is 0 Å². The molecule has 0 aliphatic heterocycles. The summed E-state index contributed by atoms with van der Waals surface area (Å²) >= 11 is 0. The first-order valence-corrected chi connectivity index (χ1v) is 7.12. The summed E-state index contributed by atoms with van der Waals surface area (Å²) in [6, 6.07) is 8.93. The number of hydrogen-bond acceptors (Lipinski definition) is 3. The minimum Gasteiger partial charge on any atom is -0.391 e. The summed E-state index contributed by atoms with van der Waals surface area (Å²) in [5, 5.41) is 13.6. The summed E-state index contributed by atoms with van der Waals surface area (Å²) in [5.74, 6) is -1.02. The first kappa shape index (κ1) is 15.4. The number of aliphatic hydroxyl groups excluding tert-OH is 1. The number of benzene rings is 2. The molecule has 5 heteroatoms. The lowest BCUT2D eigenvalue weighted by molar-refractivity contribution is 0.281. The van der Waals surface area contributed by atoms with Crippen LogP contribution in [0.4, 0.5) is 8.78 Å². The molecule has 3 rings (SSSR count). The van der Waals surface area contributed by atoms with Gasteiger partial charge in [0, 0.05) is 17.2 Å². The zero-order chi connectivity index (χ0) is 16.6. The Kier molecular flexibility index (Phi) is 3.96. The van der Waals surface area contributed by atoms with Crippen LogP contribution in [0.15, 0.2) is 40.9 Å². The highest BCUT2D eigenvalue weighted by molar-refractivity contribution is 5.73. The van der Waals surface area contributed by atoms with Crippen molar-refractivity contribution in [1.29, 1.82) is 0 Å². The van der Waals surface area contributed by atoms with Gasteiger partial charge in [0.25, 0.3) is 0 Å². The first-order valence-electron chi connectivity index (χ1n) is 7.12. The molecule has 0 atom stereocenters. The van der Waals surface area contributed by atoms with Crippen LogP contribution in [-0.4, -0.2) is 10.3 Å². The van der Waals surface area contributed by atoms with E-state index in [1.807, 2.05) is 32.0 Å². The molecule has 2 aromatic carbocycles. The predicted octanol–water partition coefficient (Wildman–Crippen LogP) is 4.40. The second kappa shape index (κ2) is 5.93. The van der Waals surface area contributed by atoms with Gasteiger partial charge in [-0.25, -0.2) is 8.78 Å². The molecule has 0 saturated heterocycles. The van der Waals surface area contributed by atoms with Crippen LogP contribution in [0, 0.1) is 25.5 Å². The van der Waals surface area contributed by atoms with E-state index in [2.05, 4.69) is 5.16 Å². The molecule has 1 heterocycles. The molecule has 0 unspecified atom stereocenters. The zero-order valence-electron chi connectivity index (χ0n) is 12.7. The quantitative estimate of drug-likeness (QED) is 0.779. The van der Waals surface area contributed by atoms with E-state index < -0.39 is 11.6 Å². The SMILES string of the molecule is Cc1cc(C)cc(-c2onc(-c3cc(F)cc(F)c3)c2CO)c1. The number of rotatable bonds is 3. The number of aromatic nitrogens is 1. The maximum Gasteiger partial charge on any atom is 0.173 e. The third-order valence-corrected chi connectivity index (χ3v) is 3.57. The second-order valence-electron chi connectivity index (χ2n) is 5.53. The molecule has 0 aliphatic carbocycles. The van der Waals surface area contributed by atoms with E-state index in [0.717, 1.165) is 34.9 Å². The molecular weight excluding hydrogens is 300 g/mol. The highest BCUT2D eigenvalue weighted by Gasteiger charge is 2.19. The molecule has 118 valence electrons. The standard InChI is InChI=1S/C18H15F2NO2/c1-10-3-11(2)5-13(4-10)18-16(9-22)17(21-23-18)12-6-14(19)8-15(20)7-12/h3-8,22H,9H2,1-2H3. The van der Waals surface area contributed by atoms with Crippen molar-refractivity contribution in [2.75, 3.05) is 0 Å². The smallest absolute Gasteiger partial charge is 0.173 e. The largest absolute Gasteiger partial charge is 0.391 e. The van der Waals surface area contributed by atoms with E-state index in [1.54, 1.807) is 0 Å². The van der Waals surface area contributed by atoms with Crippen molar-refractivity contribution in [3.8, 4) is 22.6 Å². The fourth-order valence-electron chi connectivity index (χ4n) is 2.71. The molecule has 3 aromatic rings. The summed E-state index contributed by atoms with van der Waals surface area (Å²) in [6.45, 7) is 3.56. The van der Waals surface area contributed by atoms with Crippen LogP contribution in [0.1, 0.15) is 16.7 Å². The summed E-state index contributed by atoms with van der Waals surface area (Å²) < 4.78 is 32.2. The summed E-state index contributed by atoms with van der Waals surface area (Å²) in [5.41, 5.74) is 3.71. The van der Waals surface area contributed by atoms with Gasteiger partial charge in [-0.3, -0.25) is 0 Å². The van der Waals surface area contributed by atoms with E-state index in [0.29, 0.717) is 11.3 Å². The number of nitrogens with zero attached hydrogens (tertiary/aromatic N) is 1. The molecule has 0 fully saturated rings. The molecule has 0 amide bonds. The van der Waals surface area contributed by atoms with Crippen molar-refractivity contribution in [2.45, 2.75) is 20.5 Å². The van der Waals surface area contributed by atoms with Crippen LogP contribution >= 0.6 is 0 Å². The highest BCUT2D eigenvalue weighted by Crippen LogP contribution is 2.33. The van der Waals surface area contributed by atoms with Crippen LogP contribution in [0.2, 0.25) is 0 Å². The lowest BCUT2D eigenvalue weighted by Crippen LogP contribution is -1.91. The fraction of sp³-hybridized carbons (Fsp3) is 0.167. The molecule has 0 bridgehead atoms. The molecule has 1 aromatic heterocycles. The van der Waals surface area contributed by atoms with Gasteiger partial charge in [-0.1, -0.05) is 22.3 Å². The van der Waals surface area contributed by atoms with E-state index in [-0.39, 0.29) is 17.9 Å². The van der Waals surface area contributed by atoms with Gasteiger partial charge in [0.2, 0.25) is 0 Å². The molecule has 0 aliphatic rings. The average Bonchev–Trinajstić information content (AvgIpc) is 2.88. The zero-order valence-corrected chi connectivity index (χ0v) is 12.7. The monoisotopic (exact) mass is 315 g/mol. The van der Waals surface area contributed by atoms with E-state index in [4.69, 9.17) is 4.52 Å². The second-order valence-corrected chi connectivity index (χ2v) is 5.53. The Hall–Kier alpha value is -2.53. The van der Waals surface area contributed by atoms with Gasteiger partial charge in [-0.15, -0.1) is 0 Å². The summed E-state index contributed by atoms with van der Waals surface area (Å²) in [6.07, 6.45) is 0. The van der Waals surface area contributed by atoms with Gasteiger partial charge in [-0.2, -0.15) is 0 Å².